The Kier molecular flexibility index (Phi) is 2.34. The second-order valence-electron chi connectivity index (χ2n) is 4.09. The van der Waals surface area contributed by atoms with Crippen molar-refractivity contribution in [2.75, 3.05) is 5.73 Å². The highest BCUT2D eigenvalue weighted by atomic mass is 19.1. The smallest absolute Gasteiger partial charge is 0.163 e. The average molecular weight is 259 g/mol. The number of nitrogens with zero attached hydrogens (tertiary/aromatic N) is 4. The summed E-state index contributed by atoms with van der Waals surface area (Å²) in [5.74, 6) is -0.467. The second-order valence-corrected chi connectivity index (χ2v) is 4.09. The third kappa shape index (κ3) is 1.67. The number of aromatic nitrogens is 4. The third-order valence-corrected chi connectivity index (χ3v) is 2.86. The molecule has 3 N–H and O–H groups in total. The van der Waals surface area contributed by atoms with Gasteiger partial charge in [0.1, 0.15) is 29.4 Å². The minimum atomic E-state index is -0.522. The van der Waals surface area contributed by atoms with Crippen LogP contribution in [0.25, 0.3) is 22.3 Å². The molecule has 0 saturated carbocycles. The molecule has 0 aliphatic rings. The standard InChI is InChI=1S/C12H10FN5O/c1-18-12-9(11(14)15-5-16-12)10(17-18)7-3-2-6(13)4-8(7)19/h2-5,19H,1H3,(H2,14,15,16). The van der Waals surface area contributed by atoms with Gasteiger partial charge in [-0.15, -0.1) is 0 Å². The van der Waals surface area contributed by atoms with Crippen LogP contribution in [-0.4, -0.2) is 24.9 Å². The maximum absolute atomic E-state index is 13.0. The lowest BCUT2D eigenvalue weighted by atomic mass is 10.1. The van der Waals surface area contributed by atoms with E-state index in [4.69, 9.17) is 5.73 Å². The highest BCUT2D eigenvalue weighted by molar-refractivity contribution is 5.99. The molecule has 0 amide bonds. The predicted octanol–water partition coefficient (Wildman–Crippen LogP) is 1.46. The number of hydrogen-bond donors (Lipinski definition) is 2. The minimum absolute atomic E-state index is 0.205. The summed E-state index contributed by atoms with van der Waals surface area (Å²) in [6, 6.07) is 3.71. The van der Waals surface area contributed by atoms with Crippen molar-refractivity contribution >= 4 is 16.9 Å². The van der Waals surface area contributed by atoms with Crippen LogP contribution in [0.3, 0.4) is 0 Å². The van der Waals surface area contributed by atoms with Crippen LogP contribution >= 0.6 is 0 Å². The number of phenols is 1. The lowest BCUT2D eigenvalue weighted by molar-refractivity contribution is 0.471. The van der Waals surface area contributed by atoms with Crippen molar-refractivity contribution in [3.05, 3.63) is 30.3 Å². The Hall–Kier alpha value is -2.70. The molecule has 0 bridgehead atoms. The first-order valence-electron chi connectivity index (χ1n) is 5.50. The number of fused-ring (bicyclic) bond motifs is 1. The first kappa shape index (κ1) is 11.4. The van der Waals surface area contributed by atoms with Gasteiger partial charge in [-0.05, 0) is 12.1 Å². The predicted molar refractivity (Wildman–Crippen MR) is 67.8 cm³/mol. The van der Waals surface area contributed by atoms with Crippen molar-refractivity contribution in [2.24, 2.45) is 7.05 Å². The Labute approximate surface area is 107 Å². The van der Waals surface area contributed by atoms with Gasteiger partial charge < -0.3 is 10.8 Å². The van der Waals surface area contributed by atoms with Gasteiger partial charge in [0.15, 0.2) is 5.65 Å². The monoisotopic (exact) mass is 259 g/mol. The minimum Gasteiger partial charge on any atom is -0.507 e. The quantitative estimate of drug-likeness (QED) is 0.690. The number of nitrogen functional groups attached to an aromatic ring is 1. The van der Waals surface area contributed by atoms with Crippen LogP contribution in [0.4, 0.5) is 10.2 Å². The van der Waals surface area contributed by atoms with Gasteiger partial charge in [-0.2, -0.15) is 5.10 Å². The molecule has 0 saturated heterocycles. The zero-order valence-corrected chi connectivity index (χ0v) is 10.0. The van der Waals surface area contributed by atoms with Crippen molar-refractivity contribution in [3.8, 4) is 17.0 Å². The summed E-state index contributed by atoms with van der Waals surface area (Å²) in [5.41, 5.74) is 7.18. The van der Waals surface area contributed by atoms with Gasteiger partial charge in [0.05, 0.1) is 5.39 Å². The van der Waals surface area contributed by atoms with Crippen molar-refractivity contribution in [1.29, 1.82) is 0 Å². The van der Waals surface area contributed by atoms with E-state index in [-0.39, 0.29) is 11.6 Å². The van der Waals surface area contributed by atoms with Crippen LogP contribution < -0.4 is 5.73 Å². The van der Waals surface area contributed by atoms with Gasteiger partial charge >= 0.3 is 0 Å². The number of phenolic OH excluding ortho intramolecular Hbond substituents is 1. The first-order chi connectivity index (χ1) is 9.08. The van der Waals surface area contributed by atoms with E-state index in [1.807, 2.05) is 0 Å². The second kappa shape index (κ2) is 3.91. The summed E-state index contributed by atoms with van der Waals surface area (Å²) < 4.78 is 14.6. The number of rotatable bonds is 1. The van der Waals surface area contributed by atoms with E-state index in [0.29, 0.717) is 22.3 Å². The summed E-state index contributed by atoms with van der Waals surface area (Å²) >= 11 is 0. The van der Waals surface area contributed by atoms with Crippen LogP contribution in [0, 0.1) is 5.82 Å². The van der Waals surface area contributed by atoms with E-state index in [1.54, 1.807) is 7.05 Å². The van der Waals surface area contributed by atoms with E-state index in [1.165, 1.54) is 23.1 Å². The fourth-order valence-corrected chi connectivity index (χ4v) is 2.00. The molecule has 1 aromatic carbocycles. The average Bonchev–Trinajstić information content (AvgIpc) is 2.68. The molecule has 0 spiro atoms. The SMILES string of the molecule is Cn1nc(-c2ccc(F)cc2O)c2c(N)ncnc21. The Morgan fingerprint density at radius 2 is 2.11 bits per heavy atom. The summed E-state index contributed by atoms with van der Waals surface area (Å²) in [6.45, 7) is 0. The lowest BCUT2D eigenvalue weighted by Crippen LogP contribution is -1.95. The van der Waals surface area contributed by atoms with Crippen molar-refractivity contribution in [3.63, 3.8) is 0 Å². The molecule has 0 aliphatic carbocycles. The molecular weight excluding hydrogens is 249 g/mol. The zero-order valence-electron chi connectivity index (χ0n) is 10.0. The Balaban J connectivity index is 2.37. The molecule has 19 heavy (non-hydrogen) atoms. The molecule has 0 aliphatic heterocycles. The molecule has 0 radical (unpaired) electrons. The van der Waals surface area contributed by atoms with Crippen molar-refractivity contribution in [2.45, 2.75) is 0 Å². The number of nitrogens with two attached hydrogens (primary N) is 1. The summed E-state index contributed by atoms with van der Waals surface area (Å²) in [7, 11) is 1.71. The molecule has 96 valence electrons. The Bertz CT molecular complexity index is 783. The summed E-state index contributed by atoms with van der Waals surface area (Å²) in [4.78, 5) is 8.00. The molecular formula is C12H10FN5O. The molecule has 7 heteroatoms. The highest BCUT2D eigenvalue weighted by Gasteiger charge is 2.17. The van der Waals surface area contributed by atoms with Crippen molar-refractivity contribution < 1.29 is 9.50 Å². The topological polar surface area (TPSA) is 89.8 Å². The first-order valence-corrected chi connectivity index (χ1v) is 5.50. The number of benzene rings is 1. The third-order valence-electron chi connectivity index (χ3n) is 2.86. The molecule has 0 unspecified atom stereocenters. The van der Waals surface area contributed by atoms with Gasteiger partial charge in [-0.25, -0.2) is 19.0 Å². The summed E-state index contributed by atoms with van der Waals surface area (Å²) in [5, 5.41) is 14.6. The molecule has 2 heterocycles. The van der Waals surface area contributed by atoms with E-state index in [9.17, 15) is 9.50 Å². The van der Waals surface area contributed by atoms with Gasteiger partial charge in [-0.3, -0.25) is 0 Å². The number of aryl methyl sites for hydroxylation is 1. The molecule has 3 aromatic rings. The van der Waals surface area contributed by atoms with E-state index >= 15 is 0 Å². The van der Waals surface area contributed by atoms with Crippen LogP contribution in [0.1, 0.15) is 0 Å². The molecule has 2 aromatic heterocycles. The lowest BCUT2D eigenvalue weighted by Gasteiger charge is -2.02. The van der Waals surface area contributed by atoms with E-state index in [2.05, 4.69) is 15.1 Å². The fourth-order valence-electron chi connectivity index (χ4n) is 2.00. The Morgan fingerprint density at radius 3 is 2.84 bits per heavy atom. The van der Waals surface area contributed by atoms with Crippen LogP contribution in [-0.2, 0) is 7.05 Å². The van der Waals surface area contributed by atoms with Gasteiger partial charge in [0, 0.05) is 18.7 Å². The van der Waals surface area contributed by atoms with Gasteiger partial charge in [0.25, 0.3) is 0 Å². The van der Waals surface area contributed by atoms with Crippen molar-refractivity contribution in [1.82, 2.24) is 19.7 Å². The zero-order chi connectivity index (χ0) is 13.6. The molecule has 3 rings (SSSR count). The number of hydrogen-bond acceptors (Lipinski definition) is 5. The fraction of sp³-hybridized carbons (Fsp3) is 0.0833. The number of halogens is 1. The van der Waals surface area contributed by atoms with Gasteiger partial charge in [0.2, 0.25) is 0 Å². The Morgan fingerprint density at radius 1 is 1.32 bits per heavy atom. The van der Waals surface area contributed by atoms with Gasteiger partial charge in [-0.1, -0.05) is 0 Å². The number of aromatic hydroxyl groups is 1. The summed E-state index contributed by atoms with van der Waals surface area (Å²) in [6.07, 6.45) is 1.34. The molecule has 0 fully saturated rings. The normalized spacial score (nSPS) is 11.1. The maximum Gasteiger partial charge on any atom is 0.163 e. The number of anilines is 1. The molecule has 0 atom stereocenters. The van der Waals surface area contributed by atoms with Crippen LogP contribution in [0.5, 0.6) is 5.75 Å². The maximum atomic E-state index is 13.0. The molecule has 6 nitrogen and oxygen atoms in total. The van der Waals surface area contributed by atoms with E-state index in [0.717, 1.165) is 6.07 Å². The largest absolute Gasteiger partial charge is 0.507 e. The van der Waals surface area contributed by atoms with Crippen LogP contribution in [0.2, 0.25) is 0 Å². The van der Waals surface area contributed by atoms with E-state index < -0.39 is 5.82 Å². The van der Waals surface area contributed by atoms with Crippen LogP contribution in [0.15, 0.2) is 24.5 Å². The highest BCUT2D eigenvalue weighted by Crippen LogP contribution is 2.34.